The molecule has 0 aromatic carbocycles. The predicted molar refractivity (Wildman–Crippen MR) is 62.5 cm³/mol. The summed E-state index contributed by atoms with van der Waals surface area (Å²) in [6.07, 6.45) is -0.438. The lowest BCUT2D eigenvalue weighted by molar-refractivity contribution is -0.134. The fourth-order valence-corrected chi connectivity index (χ4v) is 1.22. The Morgan fingerprint density at radius 3 is 2.19 bits per heavy atom. The van der Waals surface area contributed by atoms with E-state index < -0.39 is 18.4 Å². The van der Waals surface area contributed by atoms with Crippen LogP contribution in [0.25, 0.3) is 0 Å². The molecule has 0 aliphatic rings. The molecule has 0 heterocycles. The average Bonchev–Trinajstić information content (AvgIpc) is 2.22. The van der Waals surface area contributed by atoms with E-state index in [1.807, 2.05) is 6.92 Å². The first-order valence-corrected chi connectivity index (χ1v) is 5.64. The summed E-state index contributed by atoms with van der Waals surface area (Å²) >= 11 is 0. The van der Waals surface area contributed by atoms with Gasteiger partial charge in [0.1, 0.15) is 6.23 Å². The van der Waals surface area contributed by atoms with Crippen LogP contribution >= 0.6 is 0 Å². The Bertz CT molecular complexity index is 219. The van der Waals surface area contributed by atoms with E-state index in [0.29, 0.717) is 12.8 Å². The van der Waals surface area contributed by atoms with Crippen molar-refractivity contribution in [1.82, 2.24) is 4.90 Å². The van der Waals surface area contributed by atoms with Gasteiger partial charge in [0, 0.05) is 13.5 Å². The minimum absolute atomic E-state index is 0.0653. The first kappa shape index (κ1) is 15.3. The third-order valence-electron chi connectivity index (χ3n) is 3.14. The molecule has 0 rings (SSSR count). The zero-order chi connectivity index (χ0) is 12.9. The highest BCUT2D eigenvalue weighted by molar-refractivity contribution is 5.76. The molecule has 0 saturated carbocycles. The Morgan fingerprint density at radius 1 is 1.31 bits per heavy atom. The van der Waals surface area contributed by atoms with Gasteiger partial charge in [-0.2, -0.15) is 0 Å². The zero-order valence-corrected chi connectivity index (χ0v) is 10.6. The molecule has 0 spiro atoms. The molecule has 0 saturated heterocycles. The Balaban J connectivity index is 4.07. The molecule has 1 amide bonds. The maximum atomic E-state index is 11.7. The van der Waals surface area contributed by atoms with Crippen molar-refractivity contribution < 1.29 is 15.0 Å². The molecule has 5 heteroatoms. The second-order valence-corrected chi connectivity index (χ2v) is 4.49. The molecule has 0 aromatic heterocycles. The molecular weight excluding hydrogens is 208 g/mol. The minimum Gasteiger partial charge on any atom is -0.393 e. The summed E-state index contributed by atoms with van der Waals surface area (Å²) in [4.78, 5) is 13.1. The highest BCUT2D eigenvalue weighted by Crippen LogP contribution is 2.12. The van der Waals surface area contributed by atoms with E-state index in [4.69, 9.17) is 10.8 Å². The normalized spacial score (nSPS) is 18.7. The fourth-order valence-electron chi connectivity index (χ4n) is 1.22. The van der Waals surface area contributed by atoms with Gasteiger partial charge in [-0.3, -0.25) is 4.79 Å². The summed E-state index contributed by atoms with van der Waals surface area (Å²) in [5, 5.41) is 18.4. The van der Waals surface area contributed by atoms with Gasteiger partial charge in [0.15, 0.2) is 0 Å². The maximum absolute atomic E-state index is 11.7. The van der Waals surface area contributed by atoms with Gasteiger partial charge in [0.05, 0.1) is 12.1 Å². The van der Waals surface area contributed by atoms with Crippen LogP contribution in [0.4, 0.5) is 0 Å². The van der Waals surface area contributed by atoms with Crippen molar-refractivity contribution >= 4 is 5.91 Å². The molecule has 0 aliphatic carbocycles. The van der Waals surface area contributed by atoms with Gasteiger partial charge in [0.25, 0.3) is 0 Å². The Morgan fingerprint density at radius 2 is 1.81 bits per heavy atom. The minimum atomic E-state index is -1.02. The topological polar surface area (TPSA) is 86.8 Å². The number of likely N-dealkylation sites (N-methyl/N-ethyl adjacent to an activating group) is 1. The van der Waals surface area contributed by atoms with E-state index in [2.05, 4.69) is 0 Å². The fraction of sp³-hybridized carbons (Fsp3) is 0.909. The molecule has 0 aromatic rings. The maximum Gasteiger partial charge on any atom is 0.222 e. The molecule has 4 atom stereocenters. The van der Waals surface area contributed by atoms with Crippen LogP contribution in [-0.4, -0.2) is 46.4 Å². The van der Waals surface area contributed by atoms with Crippen molar-refractivity contribution in [3.05, 3.63) is 0 Å². The number of carbonyl (C=O) groups excluding carboxylic acids is 1. The Hall–Kier alpha value is -0.650. The van der Waals surface area contributed by atoms with E-state index >= 15 is 0 Å². The molecule has 0 aliphatic heterocycles. The first-order valence-electron chi connectivity index (χ1n) is 5.64. The lowest BCUT2D eigenvalue weighted by Crippen LogP contribution is -2.46. The van der Waals surface area contributed by atoms with Crippen molar-refractivity contribution in [1.29, 1.82) is 0 Å². The molecule has 16 heavy (non-hydrogen) atoms. The second-order valence-electron chi connectivity index (χ2n) is 4.49. The van der Waals surface area contributed by atoms with Crippen molar-refractivity contribution in [2.45, 2.75) is 52.0 Å². The largest absolute Gasteiger partial charge is 0.393 e. The third kappa shape index (κ3) is 4.92. The van der Waals surface area contributed by atoms with Crippen LogP contribution in [-0.2, 0) is 4.79 Å². The number of carbonyl (C=O) groups is 1. The summed E-state index contributed by atoms with van der Waals surface area (Å²) in [5.74, 6) is 0.0277. The number of aliphatic hydroxyl groups excluding tert-OH is 2. The van der Waals surface area contributed by atoms with Crippen LogP contribution in [0, 0.1) is 5.92 Å². The summed E-state index contributed by atoms with van der Waals surface area (Å²) < 4.78 is 0. The smallest absolute Gasteiger partial charge is 0.222 e. The summed E-state index contributed by atoms with van der Waals surface area (Å²) in [7, 11) is 1.62. The van der Waals surface area contributed by atoms with Gasteiger partial charge >= 0.3 is 0 Å². The molecule has 96 valence electrons. The van der Waals surface area contributed by atoms with Crippen LogP contribution in [0.1, 0.15) is 33.6 Å². The van der Waals surface area contributed by atoms with Gasteiger partial charge < -0.3 is 20.8 Å². The summed E-state index contributed by atoms with van der Waals surface area (Å²) in [6, 6.07) is -0.394. The van der Waals surface area contributed by atoms with Gasteiger partial charge in [-0.1, -0.05) is 6.92 Å². The average molecular weight is 232 g/mol. The molecule has 0 fully saturated rings. The molecule has 2 unspecified atom stereocenters. The number of hydrogen-bond acceptors (Lipinski definition) is 4. The van der Waals surface area contributed by atoms with Crippen LogP contribution in [0.2, 0.25) is 0 Å². The SMILES string of the molecule is CC(CCC(=O)N(C)[C@@H](C)C(N)O)[C@@H](C)O. The quantitative estimate of drug-likeness (QED) is 0.558. The lowest BCUT2D eigenvalue weighted by Gasteiger charge is -2.27. The standard InChI is InChI=1S/C11H24N2O3/c1-7(9(3)14)5-6-10(15)13(4)8(2)11(12)16/h7-9,11,14,16H,5-6,12H2,1-4H3/t7?,8-,9+,11?/m0/s1. The monoisotopic (exact) mass is 232 g/mol. The number of nitrogens with two attached hydrogens (primary N) is 1. The van der Waals surface area contributed by atoms with Crippen molar-refractivity contribution in [3.63, 3.8) is 0 Å². The van der Waals surface area contributed by atoms with E-state index in [1.54, 1.807) is 20.9 Å². The molecule has 4 N–H and O–H groups in total. The van der Waals surface area contributed by atoms with Crippen LogP contribution in [0.3, 0.4) is 0 Å². The Labute approximate surface area is 97.2 Å². The van der Waals surface area contributed by atoms with Crippen molar-refractivity contribution in [2.75, 3.05) is 7.05 Å². The molecule has 0 bridgehead atoms. The highest BCUT2D eigenvalue weighted by Gasteiger charge is 2.20. The van der Waals surface area contributed by atoms with Gasteiger partial charge in [-0.25, -0.2) is 0 Å². The van der Waals surface area contributed by atoms with E-state index in [0.717, 1.165) is 0 Å². The van der Waals surface area contributed by atoms with E-state index in [1.165, 1.54) is 4.90 Å². The van der Waals surface area contributed by atoms with Crippen LogP contribution < -0.4 is 5.73 Å². The number of amides is 1. The summed E-state index contributed by atoms with van der Waals surface area (Å²) in [5.41, 5.74) is 5.30. The van der Waals surface area contributed by atoms with Crippen LogP contribution in [0.15, 0.2) is 0 Å². The summed E-state index contributed by atoms with van der Waals surface area (Å²) in [6.45, 7) is 5.31. The molecule has 5 nitrogen and oxygen atoms in total. The van der Waals surface area contributed by atoms with E-state index in [-0.39, 0.29) is 11.8 Å². The number of hydrogen-bond donors (Lipinski definition) is 3. The Kier molecular flexibility index (Phi) is 6.55. The number of nitrogens with zero attached hydrogens (tertiary/aromatic N) is 1. The van der Waals surface area contributed by atoms with Gasteiger partial charge in [-0.15, -0.1) is 0 Å². The number of aliphatic hydroxyl groups is 2. The second kappa shape index (κ2) is 6.83. The lowest BCUT2D eigenvalue weighted by atomic mass is 10.00. The molecular formula is C11H24N2O3. The third-order valence-corrected chi connectivity index (χ3v) is 3.14. The van der Waals surface area contributed by atoms with Crippen LogP contribution in [0.5, 0.6) is 0 Å². The zero-order valence-electron chi connectivity index (χ0n) is 10.6. The first-order chi connectivity index (χ1) is 7.27. The number of rotatable bonds is 6. The molecule has 0 radical (unpaired) electrons. The van der Waals surface area contributed by atoms with Gasteiger partial charge in [0.2, 0.25) is 5.91 Å². The van der Waals surface area contributed by atoms with Crippen molar-refractivity contribution in [3.8, 4) is 0 Å². The van der Waals surface area contributed by atoms with E-state index in [9.17, 15) is 9.90 Å². The van der Waals surface area contributed by atoms with Crippen molar-refractivity contribution in [2.24, 2.45) is 11.7 Å². The van der Waals surface area contributed by atoms with Gasteiger partial charge in [-0.05, 0) is 26.2 Å². The highest BCUT2D eigenvalue weighted by atomic mass is 16.3. The predicted octanol–water partition coefficient (Wildman–Crippen LogP) is -0.0925.